The number of aryl methyl sites for hydroxylation is 3. The Kier molecular flexibility index (Phi) is 3.61. The van der Waals surface area contributed by atoms with E-state index in [-0.39, 0.29) is 9.77 Å². The molecule has 0 fully saturated rings. The Morgan fingerprint density at radius 3 is 2.30 bits per heavy atom. The van der Waals surface area contributed by atoms with Crippen molar-refractivity contribution in [1.82, 2.24) is 4.68 Å². The molecule has 0 spiro atoms. The second-order valence-electron chi connectivity index (χ2n) is 4.43. The molecule has 8 heteroatoms. The van der Waals surface area contributed by atoms with E-state index in [0.717, 1.165) is 22.7 Å². The van der Waals surface area contributed by atoms with Gasteiger partial charge in [0.25, 0.3) is 10.0 Å². The number of hydrogen-bond donors (Lipinski definition) is 2. The maximum absolute atomic E-state index is 12.4. The summed E-state index contributed by atoms with van der Waals surface area (Å²) in [5, 5.41) is 10.6. The Morgan fingerprint density at radius 2 is 1.80 bits per heavy atom. The molecule has 0 saturated carbocycles. The zero-order chi connectivity index (χ0) is 15.1. The number of rotatable bonds is 4. The van der Waals surface area contributed by atoms with Crippen LogP contribution in [0.5, 0.6) is 0 Å². The van der Waals surface area contributed by atoms with Gasteiger partial charge in [-0.1, -0.05) is 0 Å². The van der Waals surface area contributed by atoms with Crippen molar-refractivity contribution in [2.75, 3.05) is 4.83 Å². The van der Waals surface area contributed by atoms with Gasteiger partial charge < -0.3 is 5.11 Å². The van der Waals surface area contributed by atoms with E-state index in [1.807, 2.05) is 0 Å². The second-order valence-corrected chi connectivity index (χ2v) is 6.91. The van der Waals surface area contributed by atoms with Gasteiger partial charge in [-0.25, -0.2) is 9.63 Å². The molecule has 0 radical (unpaired) electrons. The molecule has 0 aliphatic heterocycles. The fraction of sp³-hybridized carbons (Fsp3) is 0.250. The maximum atomic E-state index is 12.4. The number of sulfonamides is 1. The van der Waals surface area contributed by atoms with E-state index in [1.54, 1.807) is 32.9 Å². The molecule has 0 aliphatic carbocycles. The Labute approximate surface area is 120 Å². The molecule has 0 atom stereocenters. The number of aromatic carboxylic acids is 1. The first-order valence-corrected chi connectivity index (χ1v) is 8.09. The van der Waals surface area contributed by atoms with Gasteiger partial charge in [0.05, 0.1) is 0 Å². The predicted octanol–water partition coefficient (Wildman–Crippen LogP) is 2.11. The Bertz CT molecular complexity index is 752. The van der Waals surface area contributed by atoms with Gasteiger partial charge in [0.1, 0.15) is 9.77 Å². The van der Waals surface area contributed by atoms with E-state index >= 15 is 0 Å². The molecule has 20 heavy (non-hydrogen) atoms. The zero-order valence-electron chi connectivity index (χ0n) is 11.2. The summed E-state index contributed by atoms with van der Waals surface area (Å²) in [4.78, 5) is 13.2. The number of carboxylic acid groups (broad SMARTS) is 1. The van der Waals surface area contributed by atoms with Crippen molar-refractivity contribution in [3.8, 4) is 0 Å². The quantitative estimate of drug-likeness (QED) is 0.904. The number of aromatic nitrogens is 1. The normalized spacial score (nSPS) is 11.6. The predicted molar refractivity (Wildman–Crippen MR) is 76.5 cm³/mol. The third-order valence-corrected chi connectivity index (χ3v) is 5.57. The van der Waals surface area contributed by atoms with Crippen molar-refractivity contribution in [3.63, 3.8) is 0 Å². The van der Waals surface area contributed by atoms with Crippen LogP contribution in [-0.2, 0) is 10.0 Å². The molecule has 2 N–H and O–H groups in total. The summed E-state index contributed by atoms with van der Waals surface area (Å²) >= 11 is 0.904. The number of hydrogen-bond acceptors (Lipinski definition) is 4. The molecular formula is C12H14N2O4S2. The summed E-state index contributed by atoms with van der Waals surface area (Å²) in [5.41, 5.74) is 1.86. The number of nitrogens with zero attached hydrogens (tertiary/aromatic N) is 1. The van der Waals surface area contributed by atoms with Crippen molar-refractivity contribution in [2.45, 2.75) is 25.7 Å². The molecule has 2 aromatic heterocycles. The van der Waals surface area contributed by atoms with Crippen LogP contribution in [0.25, 0.3) is 0 Å². The van der Waals surface area contributed by atoms with Gasteiger partial charge in [-0.05, 0) is 43.8 Å². The van der Waals surface area contributed by atoms with E-state index in [9.17, 15) is 13.2 Å². The maximum Gasteiger partial charge on any atom is 0.347 e. The molecule has 0 bridgehead atoms. The highest BCUT2D eigenvalue weighted by Gasteiger charge is 2.27. The van der Waals surface area contributed by atoms with Crippen LogP contribution in [0.1, 0.15) is 26.6 Å². The lowest BCUT2D eigenvalue weighted by Crippen LogP contribution is -2.26. The largest absolute Gasteiger partial charge is 0.477 e. The standard InChI is InChI=1S/C12H14N2O4S2/c1-7-6-19-10(12(15)16)11(7)20(17,18)13-14-8(2)4-5-9(14)3/h4-6,13H,1-3H3,(H,15,16). The molecule has 0 saturated heterocycles. The van der Waals surface area contributed by atoms with Crippen molar-refractivity contribution >= 4 is 27.3 Å². The van der Waals surface area contributed by atoms with Gasteiger partial charge in [0, 0.05) is 11.4 Å². The summed E-state index contributed by atoms with van der Waals surface area (Å²) in [5.74, 6) is -1.25. The third kappa shape index (κ3) is 2.44. The molecule has 0 unspecified atom stereocenters. The fourth-order valence-electron chi connectivity index (χ4n) is 1.89. The van der Waals surface area contributed by atoms with Crippen LogP contribution >= 0.6 is 11.3 Å². The van der Waals surface area contributed by atoms with Crippen molar-refractivity contribution in [3.05, 3.63) is 39.3 Å². The lowest BCUT2D eigenvalue weighted by atomic mass is 10.3. The van der Waals surface area contributed by atoms with E-state index in [0.29, 0.717) is 5.56 Å². The van der Waals surface area contributed by atoms with Gasteiger partial charge in [0.2, 0.25) is 0 Å². The summed E-state index contributed by atoms with van der Waals surface area (Å²) in [7, 11) is -3.95. The second kappa shape index (κ2) is 4.95. The Balaban J connectivity index is 2.52. The van der Waals surface area contributed by atoms with Gasteiger partial charge >= 0.3 is 5.97 Å². The highest BCUT2D eigenvalue weighted by Crippen LogP contribution is 2.27. The third-order valence-electron chi connectivity index (χ3n) is 2.86. The number of carboxylic acids is 1. The summed E-state index contributed by atoms with van der Waals surface area (Å²) in [6.45, 7) is 5.09. The van der Waals surface area contributed by atoms with E-state index in [1.165, 1.54) is 10.1 Å². The van der Waals surface area contributed by atoms with Gasteiger partial charge in [-0.2, -0.15) is 8.42 Å². The average molecular weight is 314 g/mol. The molecule has 2 aromatic rings. The van der Waals surface area contributed by atoms with Crippen LogP contribution < -0.4 is 4.83 Å². The smallest absolute Gasteiger partial charge is 0.347 e. The van der Waals surface area contributed by atoms with Crippen molar-refractivity contribution in [2.24, 2.45) is 0 Å². The Morgan fingerprint density at radius 1 is 1.25 bits per heavy atom. The minimum absolute atomic E-state index is 0.178. The number of nitrogens with one attached hydrogen (secondary N) is 1. The molecule has 0 amide bonds. The average Bonchev–Trinajstić information content (AvgIpc) is 2.87. The Hall–Kier alpha value is -1.80. The minimum atomic E-state index is -3.95. The van der Waals surface area contributed by atoms with Crippen molar-refractivity contribution in [1.29, 1.82) is 0 Å². The molecule has 0 aliphatic rings. The van der Waals surface area contributed by atoms with Gasteiger partial charge in [-0.15, -0.1) is 11.3 Å². The van der Waals surface area contributed by atoms with E-state index in [4.69, 9.17) is 5.11 Å². The minimum Gasteiger partial charge on any atom is -0.477 e. The molecule has 6 nitrogen and oxygen atoms in total. The lowest BCUT2D eigenvalue weighted by molar-refractivity contribution is 0.0698. The topological polar surface area (TPSA) is 88.4 Å². The summed E-state index contributed by atoms with van der Waals surface area (Å²) < 4.78 is 26.3. The van der Waals surface area contributed by atoms with Crippen LogP contribution in [0.4, 0.5) is 0 Å². The zero-order valence-corrected chi connectivity index (χ0v) is 12.8. The molecule has 0 aromatic carbocycles. The van der Waals surface area contributed by atoms with Gasteiger partial charge in [-0.3, -0.25) is 4.68 Å². The summed E-state index contributed by atoms with van der Waals surface area (Å²) in [6.07, 6.45) is 0. The van der Waals surface area contributed by atoms with Crippen LogP contribution in [0.3, 0.4) is 0 Å². The number of thiophene rings is 1. The molecule has 2 rings (SSSR count). The first-order chi connectivity index (χ1) is 9.24. The van der Waals surface area contributed by atoms with Crippen LogP contribution in [-0.4, -0.2) is 24.2 Å². The van der Waals surface area contributed by atoms with Crippen LogP contribution in [0, 0.1) is 20.8 Å². The van der Waals surface area contributed by atoms with Crippen molar-refractivity contribution < 1.29 is 18.3 Å². The van der Waals surface area contributed by atoms with E-state index < -0.39 is 16.0 Å². The molecule has 108 valence electrons. The molecular weight excluding hydrogens is 300 g/mol. The SMILES string of the molecule is Cc1csc(C(=O)O)c1S(=O)(=O)Nn1c(C)ccc1C. The van der Waals surface area contributed by atoms with Gasteiger partial charge in [0.15, 0.2) is 0 Å². The van der Waals surface area contributed by atoms with E-state index in [2.05, 4.69) is 4.83 Å². The van der Waals surface area contributed by atoms with Crippen LogP contribution in [0.15, 0.2) is 22.4 Å². The number of carbonyl (C=O) groups is 1. The first-order valence-electron chi connectivity index (χ1n) is 5.73. The fourth-order valence-corrected chi connectivity index (χ4v) is 4.66. The highest BCUT2D eigenvalue weighted by molar-refractivity contribution is 7.92. The lowest BCUT2D eigenvalue weighted by Gasteiger charge is -2.13. The molecule has 2 heterocycles. The summed E-state index contributed by atoms with van der Waals surface area (Å²) in [6, 6.07) is 3.55. The first kappa shape index (κ1) is 14.6. The highest BCUT2D eigenvalue weighted by atomic mass is 32.2. The van der Waals surface area contributed by atoms with Crippen LogP contribution in [0.2, 0.25) is 0 Å². The monoisotopic (exact) mass is 314 g/mol.